The summed E-state index contributed by atoms with van der Waals surface area (Å²) < 4.78 is 11.7. The Morgan fingerprint density at radius 3 is 2.81 bits per heavy atom. The normalized spacial score (nSPS) is 23.3. The first-order chi connectivity index (χ1) is 7.86. The third-order valence-electron chi connectivity index (χ3n) is 3.22. The summed E-state index contributed by atoms with van der Waals surface area (Å²) in [5.41, 5.74) is 0. The van der Waals surface area contributed by atoms with Crippen molar-refractivity contribution in [2.75, 3.05) is 6.61 Å². The fourth-order valence-corrected chi connectivity index (χ4v) is 2.26. The predicted molar refractivity (Wildman–Crippen MR) is 67.8 cm³/mol. The van der Waals surface area contributed by atoms with Gasteiger partial charge in [0.15, 0.2) is 0 Å². The summed E-state index contributed by atoms with van der Waals surface area (Å²) in [6, 6.07) is 0. The van der Waals surface area contributed by atoms with Crippen LogP contribution in [-0.2, 0) is 9.47 Å². The van der Waals surface area contributed by atoms with Crippen molar-refractivity contribution < 1.29 is 9.47 Å². The molecule has 2 unspecified atom stereocenters. The van der Waals surface area contributed by atoms with E-state index in [0.717, 1.165) is 13.0 Å². The third kappa shape index (κ3) is 6.30. The molecule has 1 aliphatic heterocycles. The molecule has 0 bridgehead atoms. The van der Waals surface area contributed by atoms with E-state index in [9.17, 15) is 0 Å². The van der Waals surface area contributed by atoms with E-state index in [1.54, 1.807) is 0 Å². The first-order valence-corrected chi connectivity index (χ1v) is 7.13. The van der Waals surface area contributed by atoms with Crippen molar-refractivity contribution in [1.29, 1.82) is 0 Å². The predicted octanol–water partition coefficient (Wildman–Crippen LogP) is 3.46. The molecule has 0 saturated carbocycles. The SMILES string of the molecule is [Li][CH2]CC(CCCCC)OC1CCCCO1. The number of hydrogen-bond acceptors (Lipinski definition) is 2. The molecule has 0 aliphatic carbocycles. The Morgan fingerprint density at radius 1 is 1.31 bits per heavy atom. The Morgan fingerprint density at radius 2 is 2.19 bits per heavy atom. The van der Waals surface area contributed by atoms with Gasteiger partial charge in [0.25, 0.3) is 0 Å². The van der Waals surface area contributed by atoms with Crippen molar-refractivity contribution in [2.45, 2.75) is 75.8 Å². The van der Waals surface area contributed by atoms with E-state index < -0.39 is 0 Å². The molecular formula is C13H25LiO2. The summed E-state index contributed by atoms with van der Waals surface area (Å²) in [5, 5.41) is 1.21. The van der Waals surface area contributed by atoms with Gasteiger partial charge in [-0.05, 0) is 0 Å². The first kappa shape index (κ1) is 14.6. The maximum absolute atomic E-state index is 6.06. The van der Waals surface area contributed by atoms with Crippen LogP contribution in [-0.4, -0.2) is 36.7 Å². The molecule has 0 radical (unpaired) electrons. The van der Waals surface area contributed by atoms with Crippen LogP contribution in [0.15, 0.2) is 0 Å². The van der Waals surface area contributed by atoms with Crippen molar-refractivity contribution in [2.24, 2.45) is 0 Å². The van der Waals surface area contributed by atoms with Crippen LogP contribution in [0.25, 0.3) is 0 Å². The monoisotopic (exact) mass is 220 g/mol. The van der Waals surface area contributed by atoms with Crippen LogP contribution >= 0.6 is 0 Å². The fourth-order valence-electron chi connectivity index (χ4n) is 2.26. The van der Waals surface area contributed by atoms with Gasteiger partial charge in [-0.3, -0.25) is 0 Å². The first-order valence-electron chi connectivity index (χ1n) is 7.13. The summed E-state index contributed by atoms with van der Waals surface area (Å²) >= 11 is 2.23. The third-order valence-corrected chi connectivity index (χ3v) is 3.22. The Hall–Kier alpha value is 0.517. The molecule has 1 rings (SSSR count). The Balaban J connectivity index is 2.19. The second kappa shape index (κ2) is 9.54. The quantitative estimate of drug-likeness (QED) is 0.460. The molecule has 1 aliphatic rings. The molecule has 0 spiro atoms. The van der Waals surface area contributed by atoms with Gasteiger partial charge in [-0.2, -0.15) is 0 Å². The van der Waals surface area contributed by atoms with E-state index >= 15 is 0 Å². The van der Waals surface area contributed by atoms with E-state index in [1.165, 1.54) is 50.0 Å². The zero-order valence-corrected chi connectivity index (χ0v) is 11.0. The molecule has 0 aromatic heterocycles. The maximum atomic E-state index is 6.06. The van der Waals surface area contributed by atoms with Crippen LogP contribution in [0.3, 0.4) is 0 Å². The van der Waals surface area contributed by atoms with Crippen molar-refractivity contribution >= 4 is 17.7 Å². The van der Waals surface area contributed by atoms with E-state index in [4.69, 9.17) is 9.47 Å². The number of rotatable bonds is 8. The second-order valence-electron chi connectivity index (χ2n) is 4.84. The molecule has 0 N–H and O–H groups in total. The van der Waals surface area contributed by atoms with Gasteiger partial charge in [0.1, 0.15) is 0 Å². The average molecular weight is 220 g/mol. The molecule has 1 heterocycles. The van der Waals surface area contributed by atoms with Crippen LogP contribution in [0.4, 0.5) is 0 Å². The van der Waals surface area contributed by atoms with Crippen molar-refractivity contribution in [3.8, 4) is 0 Å². The fraction of sp³-hybridized carbons (Fsp3) is 1.00. The topological polar surface area (TPSA) is 18.5 Å². The second-order valence-corrected chi connectivity index (χ2v) is 4.84. The summed E-state index contributed by atoms with van der Waals surface area (Å²) in [5.74, 6) is 0. The van der Waals surface area contributed by atoms with E-state index in [1.807, 2.05) is 0 Å². The molecular weight excluding hydrogens is 195 g/mol. The van der Waals surface area contributed by atoms with Gasteiger partial charge in [-0.15, -0.1) is 0 Å². The molecule has 0 amide bonds. The van der Waals surface area contributed by atoms with Gasteiger partial charge < -0.3 is 0 Å². The molecule has 16 heavy (non-hydrogen) atoms. The summed E-state index contributed by atoms with van der Waals surface area (Å²) in [6.07, 6.45) is 10.4. The van der Waals surface area contributed by atoms with Crippen LogP contribution in [0, 0.1) is 0 Å². The summed E-state index contributed by atoms with van der Waals surface area (Å²) in [7, 11) is 0. The molecule has 0 aromatic carbocycles. The molecule has 1 fully saturated rings. The molecule has 3 heteroatoms. The van der Waals surface area contributed by atoms with Gasteiger partial charge in [0.2, 0.25) is 0 Å². The van der Waals surface area contributed by atoms with Crippen molar-refractivity contribution in [1.82, 2.24) is 0 Å². The van der Waals surface area contributed by atoms with Crippen molar-refractivity contribution in [3.63, 3.8) is 0 Å². The summed E-state index contributed by atoms with van der Waals surface area (Å²) in [4.78, 5) is 0. The molecule has 0 aromatic rings. The van der Waals surface area contributed by atoms with Gasteiger partial charge in [-0.1, -0.05) is 0 Å². The van der Waals surface area contributed by atoms with Crippen LogP contribution < -0.4 is 0 Å². The van der Waals surface area contributed by atoms with Crippen LogP contribution in [0.2, 0.25) is 5.09 Å². The van der Waals surface area contributed by atoms with Gasteiger partial charge in [0, 0.05) is 0 Å². The van der Waals surface area contributed by atoms with Gasteiger partial charge >= 0.3 is 110 Å². The van der Waals surface area contributed by atoms with Crippen molar-refractivity contribution in [3.05, 3.63) is 0 Å². The summed E-state index contributed by atoms with van der Waals surface area (Å²) in [6.45, 7) is 3.14. The Labute approximate surface area is 110 Å². The standard InChI is InChI=1S/C13H25O2.Li/c1-3-5-6-9-12(4-2)15-13-10-7-8-11-14-13;/h12-13H,2-11H2,1H3;. The number of ether oxygens (including phenoxy) is 2. The van der Waals surface area contributed by atoms with Crippen LogP contribution in [0.5, 0.6) is 0 Å². The number of unbranched alkanes of at least 4 members (excludes halogenated alkanes) is 2. The zero-order valence-electron chi connectivity index (χ0n) is 11.0. The average Bonchev–Trinajstić information content (AvgIpc) is 2.31. The van der Waals surface area contributed by atoms with E-state index in [-0.39, 0.29) is 6.29 Å². The minimum absolute atomic E-state index is 0.0897. The van der Waals surface area contributed by atoms with Gasteiger partial charge in [0.05, 0.1) is 0 Å². The Bertz CT molecular complexity index is 158. The van der Waals surface area contributed by atoms with E-state index in [0.29, 0.717) is 6.10 Å². The minimum atomic E-state index is 0.0897. The zero-order chi connectivity index (χ0) is 11.6. The van der Waals surface area contributed by atoms with Gasteiger partial charge in [-0.25, -0.2) is 0 Å². The molecule has 90 valence electrons. The Kier molecular flexibility index (Phi) is 8.69. The molecule has 2 atom stereocenters. The molecule has 2 nitrogen and oxygen atoms in total. The number of hydrogen-bond donors (Lipinski definition) is 0. The van der Waals surface area contributed by atoms with E-state index in [2.05, 4.69) is 24.6 Å². The molecule has 1 saturated heterocycles. The van der Waals surface area contributed by atoms with Crippen LogP contribution in [0.1, 0.15) is 58.3 Å².